The normalized spacial score (nSPS) is 10.5. The second kappa shape index (κ2) is 10.2. The standard InChI is InChI=1S/C19H21N3O5S/c1-4-26-17(23)14-12(3)15(18(24)27-5-2)28-16(14)21-19(25)22-20-11-13-9-7-6-8-10-13/h6-11H,4-5H2,1-3H3,(H2,21,22,25). The third-order valence-electron chi connectivity index (χ3n) is 3.49. The van der Waals surface area contributed by atoms with Crippen molar-refractivity contribution in [1.29, 1.82) is 0 Å². The fourth-order valence-electron chi connectivity index (χ4n) is 2.28. The molecule has 2 rings (SSSR count). The first-order valence-electron chi connectivity index (χ1n) is 8.60. The molecule has 0 fully saturated rings. The van der Waals surface area contributed by atoms with Crippen molar-refractivity contribution in [3.05, 3.63) is 51.9 Å². The minimum Gasteiger partial charge on any atom is -0.462 e. The highest BCUT2D eigenvalue weighted by Gasteiger charge is 2.27. The van der Waals surface area contributed by atoms with Crippen LogP contribution in [0.3, 0.4) is 0 Å². The van der Waals surface area contributed by atoms with Crippen LogP contribution in [0.25, 0.3) is 0 Å². The van der Waals surface area contributed by atoms with E-state index in [-0.39, 0.29) is 28.7 Å². The van der Waals surface area contributed by atoms with Crippen molar-refractivity contribution in [3.63, 3.8) is 0 Å². The van der Waals surface area contributed by atoms with Gasteiger partial charge in [0.05, 0.1) is 25.0 Å². The molecule has 0 aliphatic rings. The summed E-state index contributed by atoms with van der Waals surface area (Å²) < 4.78 is 10.0. The molecule has 2 aromatic rings. The molecule has 0 spiro atoms. The molecule has 2 N–H and O–H groups in total. The Kier molecular flexibility index (Phi) is 7.70. The Bertz CT molecular complexity index is 877. The summed E-state index contributed by atoms with van der Waals surface area (Å²) in [7, 11) is 0. The third kappa shape index (κ3) is 5.40. The van der Waals surface area contributed by atoms with Gasteiger partial charge in [0.1, 0.15) is 9.88 Å². The van der Waals surface area contributed by atoms with E-state index in [0.717, 1.165) is 16.9 Å². The van der Waals surface area contributed by atoms with Gasteiger partial charge in [-0.3, -0.25) is 5.32 Å². The number of carbonyl (C=O) groups excluding carboxylic acids is 3. The summed E-state index contributed by atoms with van der Waals surface area (Å²) in [6, 6.07) is 8.56. The van der Waals surface area contributed by atoms with Crippen LogP contribution in [0.4, 0.5) is 9.80 Å². The van der Waals surface area contributed by atoms with Crippen molar-refractivity contribution in [2.24, 2.45) is 5.10 Å². The number of amides is 2. The summed E-state index contributed by atoms with van der Waals surface area (Å²) in [4.78, 5) is 36.8. The average molecular weight is 403 g/mol. The van der Waals surface area contributed by atoms with Gasteiger partial charge in [-0.1, -0.05) is 30.3 Å². The van der Waals surface area contributed by atoms with Gasteiger partial charge in [-0.05, 0) is 31.9 Å². The number of hydrogen-bond acceptors (Lipinski definition) is 7. The zero-order chi connectivity index (χ0) is 20.5. The van der Waals surface area contributed by atoms with Crippen LogP contribution >= 0.6 is 11.3 Å². The van der Waals surface area contributed by atoms with Crippen LogP contribution < -0.4 is 10.7 Å². The van der Waals surface area contributed by atoms with Crippen molar-refractivity contribution in [2.45, 2.75) is 20.8 Å². The Morgan fingerprint density at radius 2 is 1.71 bits per heavy atom. The summed E-state index contributed by atoms with van der Waals surface area (Å²) in [5.41, 5.74) is 3.65. The lowest BCUT2D eigenvalue weighted by molar-refractivity contribution is 0.0527. The second-order valence-corrected chi connectivity index (χ2v) is 6.46. The number of hydrazone groups is 1. The first-order valence-corrected chi connectivity index (χ1v) is 9.42. The smallest absolute Gasteiger partial charge is 0.348 e. The molecule has 0 radical (unpaired) electrons. The number of rotatable bonds is 7. The van der Waals surface area contributed by atoms with Gasteiger partial charge in [0.25, 0.3) is 0 Å². The van der Waals surface area contributed by atoms with Crippen molar-refractivity contribution in [3.8, 4) is 0 Å². The molecule has 2 amide bonds. The van der Waals surface area contributed by atoms with Gasteiger partial charge in [0.15, 0.2) is 0 Å². The van der Waals surface area contributed by atoms with E-state index in [9.17, 15) is 14.4 Å². The lowest BCUT2D eigenvalue weighted by Gasteiger charge is -2.06. The van der Waals surface area contributed by atoms with Crippen LogP contribution in [-0.4, -0.2) is 37.4 Å². The molecule has 1 aromatic carbocycles. The Morgan fingerprint density at radius 3 is 2.36 bits per heavy atom. The quantitative estimate of drug-likeness (QED) is 0.418. The van der Waals surface area contributed by atoms with Gasteiger partial charge in [-0.2, -0.15) is 5.10 Å². The van der Waals surface area contributed by atoms with E-state index in [1.54, 1.807) is 20.8 Å². The number of nitrogens with one attached hydrogen (secondary N) is 2. The predicted molar refractivity (Wildman–Crippen MR) is 107 cm³/mol. The number of ether oxygens (including phenoxy) is 2. The molecule has 9 heteroatoms. The molecular formula is C19H21N3O5S. The topological polar surface area (TPSA) is 106 Å². The molecule has 148 valence electrons. The largest absolute Gasteiger partial charge is 0.462 e. The van der Waals surface area contributed by atoms with Crippen molar-refractivity contribution >= 4 is 40.5 Å². The molecule has 1 aromatic heterocycles. The van der Waals surface area contributed by atoms with Gasteiger partial charge in [-0.25, -0.2) is 19.8 Å². The molecule has 8 nitrogen and oxygen atoms in total. The fraction of sp³-hybridized carbons (Fsp3) is 0.263. The van der Waals surface area contributed by atoms with E-state index < -0.39 is 18.0 Å². The van der Waals surface area contributed by atoms with Crippen molar-refractivity contribution in [2.75, 3.05) is 18.5 Å². The number of carbonyl (C=O) groups is 3. The molecule has 0 saturated carbocycles. The Balaban J connectivity index is 2.19. The Morgan fingerprint density at radius 1 is 1.07 bits per heavy atom. The minimum atomic E-state index is -0.658. The monoisotopic (exact) mass is 403 g/mol. The number of esters is 2. The van der Waals surface area contributed by atoms with Crippen LogP contribution in [0.15, 0.2) is 35.4 Å². The number of anilines is 1. The average Bonchev–Trinajstić information content (AvgIpc) is 2.99. The van der Waals surface area contributed by atoms with Gasteiger partial charge in [0, 0.05) is 0 Å². The number of urea groups is 1. The maximum Gasteiger partial charge on any atom is 0.348 e. The van der Waals surface area contributed by atoms with Gasteiger partial charge in [-0.15, -0.1) is 11.3 Å². The van der Waals surface area contributed by atoms with Gasteiger partial charge < -0.3 is 9.47 Å². The molecule has 0 unspecified atom stereocenters. The molecule has 0 aliphatic heterocycles. The van der Waals surface area contributed by atoms with E-state index in [4.69, 9.17) is 9.47 Å². The maximum atomic E-state index is 12.3. The van der Waals surface area contributed by atoms with E-state index in [2.05, 4.69) is 15.8 Å². The molecule has 0 aliphatic carbocycles. The van der Waals surface area contributed by atoms with E-state index in [1.165, 1.54) is 6.21 Å². The lowest BCUT2D eigenvalue weighted by Crippen LogP contribution is -2.24. The highest BCUT2D eigenvalue weighted by Crippen LogP contribution is 2.34. The first kappa shape index (κ1) is 21.1. The summed E-state index contributed by atoms with van der Waals surface area (Å²) in [5.74, 6) is -1.19. The maximum absolute atomic E-state index is 12.3. The fourth-order valence-corrected chi connectivity index (χ4v) is 3.36. The summed E-state index contributed by atoms with van der Waals surface area (Å²) in [6.45, 7) is 5.32. The van der Waals surface area contributed by atoms with Crippen molar-refractivity contribution in [1.82, 2.24) is 5.43 Å². The van der Waals surface area contributed by atoms with Crippen LogP contribution in [0.5, 0.6) is 0 Å². The zero-order valence-corrected chi connectivity index (χ0v) is 16.6. The third-order valence-corrected chi connectivity index (χ3v) is 4.68. The van der Waals surface area contributed by atoms with E-state index >= 15 is 0 Å². The van der Waals surface area contributed by atoms with E-state index in [1.807, 2.05) is 30.3 Å². The van der Waals surface area contributed by atoms with Crippen LogP contribution in [-0.2, 0) is 9.47 Å². The number of benzene rings is 1. The predicted octanol–water partition coefficient (Wildman–Crippen LogP) is 3.57. The summed E-state index contributed by atoms with van der Waals surface area (Å²) >= 11 is 0.947. The zero-order valence-electron chi connectivity index (χ0n) is 15.8. The molecule has 0 bridgehead atoms. The SMILES string of the molecule is CCOC(=O)c1sc(NC(=O)NN=Cc2ccccc2)c(C(=O)OCC)c1C. The van der Waals surface area contributed by atoms with Crippen molar-refractivity contribution < 1.29 is 23.9 Å². The molecule has 0 saturated heterocycles. The molecule has 28 heavy (non-hydrogen) atoms. The number of nitrogens with zero attached hydrogens (tertiary/aromatic N) is 1. The summed E-state index contributed by atoms with van der Waals surface area (Å²) in [5, 5.41) is 6.58. The highest BCUT2D eigenvalue weighted by atomic mass is 32.1. The Hall–Kier alpha value is -3.20. The lowest BCUT2D eigenvalue weighted by atomic mass is 10.1. The number of hydrogen-bond donors (Lipinski definition) is 2. The van der Waals surface area contributed by atoms with Crippen LogP contribution in [0, 0.1) is 6.92 Å². The van der Waals surface area contributed by atoms with Gasteiger partial charge >= 0.3 is 18.0 Å². The minimum absolute atomic E-state index is 0.122. The number of thiophene rings is 1. The van der Waals surface area contributed by atoms with Crippen LogP contribution in [0.2, 0.25) is 0 Å². The highest BCUT2D eigenvalue weighted by molar-refractivity contribution is 7.18. The van der Waals surface area contributed by atoms with Gasteiger partial charge in [0.2, 0.25) is 0 Å². The van der Waals surface area contributed by atoms with Crippen LogP contribution in [0.1, 0.15) is 45.0 Å². The van der Waals surface area contributed by atoms with E-state index in [0.29, 0.717) is 5.56 Å². The Labute approximate surface area is 166 Å². The summed E-state index contributed by atoms with van der Waals surface area (Å²) in [6.07, 6.45) is 1.48. The molecule has 1 heterocycles. The molecular weight excluding hydrogens is 382 g/mol. The second-order valence-electron chi connectivity index (χ2n) is 5.44. The first-order chi connectivity index (χ1) is 13.5. The molecule has 0 atom stereocenters.